The van der Waals surface area contributed by atoms with Crippen LogP contribution in [0.4, 0.5) is 22.0 Å². The summed E-state index contributed by atoms with van der Waals surface area (Å²) in [5.41, 5.74) is 3.63. The van der Waals surface area contributed by atoms with Gasteiger partial charge < -0.3 is 19.6 Å². The number of primary amides is 1. The summed E-state index contributed by atoms with van der Waals surface area (Å²) < 4.78 is 83.4. The number of carbonyl (C=O) groups is 2. The molecule has 2 N–H and O–H groups in total. The summed E-state index contributed by atoms with van der Waals surface area (Å²) in [6.07, 6.45) is -5.37. The third-order valence-electron chi connectivity index (χ3n) is 4.85. The summed E-state index contributed by atoms with van der Waals surface area (Å²) in [6.45, 7) is 1.20. The van der Waals surface area contributed by atoms with Gasteiger partial charge in [-0.05, 0) is 53.0 Å². The molecule has 0 spiro atoms. The van der Waals surface area contributed by atoms with E-state index in [1.54, 1.807) is 0 Å². The number of ether oxygens (including phenoxy) is 2. The summed E-state index contributed by atoms with van der Waals surface area (Å²) >= 11 is 3.16. The highest BCUT2D eigenvalue weighted by Crippen LogP contribution is 2.36. The number of halogens is 6. The van der Waals surface area contributed by atoms with E-state index in [0.29, 0.717) is 0 Å². The van der Waals surface area contributed by atoms with E-state index >= 15 is 0 Å². The van der Waals surface area contributed by atoms with Crippen LogP contribution in [0.2, 0.25) is 0 Å². The third-order valence-corrected chi connectivity index (χ3v) is 5.39. The molecule has 2 aromatic carbocycles. The number of hydrogen-bond donors (Lipinski definition) is 1. The lowest BCUT2D eigenvalue weighted by Gasteiger charge is -2.17. The molecule has 3 aromatic rings. The second-order valence-electron chi connectivity index (χ2n) is 7.44. The van der Waals surface area contributed by atoms with Gasteiger partial charge in [-0.15, -0.1) is 0 Å². The molecule has 1 unspecified atom stereocenters. The Labute approximate surface area is 209 Å². The zero-order chi connectivity index (χ0) is 26.6. The Kier molecular flexibility index (Phi) is 8.33. The Morgan fingerprint density at radius 2 is 1.81 bits per heavy atom. The number of alkyl halides is 3. The molecule has 0 aliphatic rings. The van der Waals surface area contributed by atoms with E-state index < -0.39 is 52.7 Å². The van der Waals surface area contributed by atoms with E-state index in [1.165, 1.54) is 19.1 Å². The van der Waals surface area contributed by atoms with Crippen LogP contribution in [0.15, 0.2) is 45.5 Å². The number of benzene rings is 2. The van der Waals surface area contributed by atoms with Crippen LogP contribution >= 0.6 is 15.9 Å². The number of carbonyl (C=O) groups excluding carboxylic acids is 2. The summed E-state index contributed by atoms with van der Waals surface area (Å²) in [4.78, 5) is 26.7. The number of oxazole rings is 1. The van der Waals surface area contributed by atoms with Gasteiger partial charge in [0, 0.05) is 12.5 Å². The number of nitrogens with zero attached hydrogens (tertiary/aromatic N) is 1. The number of rotatable bonds is 9. The average Bonchev–Trinajstić information content (AvgIpc) is 3.18. The van der Waals surface area contributed by atoms with Crippen molar-refractivity contribution in [1.29, 1.82) is 0 Å². The van der Waals surface area contributed by atoms with Crippen molar-refractivity contribution >= 4 is 27.8 Å². The van der Waals surface area contributed by atoms with Crippen LogP contribution in [0.25, 0.3) is 11.3 Å². The molecule has 13 heteroatoms. The summed E-state index contributed by atoms with van der Waals surface area (Å²) in [5, 5.41) is 0. The maximum atomic E-state index is 14.8. The van der Waals surface area contributed by atoms with Crippen LogP contribution in [0.3, 0.4) is 0 Å². The highest BCUT2D eigenvalue weighted by Gasteiger charge is 2.31. The van der Waals surface area contributed by atoms with E-state index in [1.807, 2.05) is 0 Å². The van der Waals surface area contributed by atoms with Gasteiger partial charge in [-0.3, -0.25) is 9.59 Å². The first-order chi connectivity index (χ1) is 16.9. The van der Waals surface area contributed by atoms with Crippen molar-refractivity contribution in [3.05, 3.63) is 69.7 Å². The molecule has 0 radical (unpaired) electrons. The predicted octanol–water partition coefficient (Wildman–Crippen LogP) is 5.96. The standard InChI is InChI=1S/C23H18BrF5N2O5/c1-11(32)34-10-2-3-16(35-15-9-8-14(25)17(18(15)26)21(30)33)22-31-19(20(24)36-22)12-4-6-13(7-5-12)23(27,28)29/h4-9,16H,2-3,10H2,1H3,(H2,30,33). The van der Waals surface area contributed by atoms with Gasteiger partial charge in [0.15, 0.2) is 22.3 Å². The number of amides is 1. The van der Waals surface area contributed by atoms with Crippen molar-refractivity contribution in [3.63, 3.8) is 0 Å². The zero-order valence-corrected chi connectivity index (χ0v) is 20.1. The highest BCUT2D eigenvalue weighted by molar-refractivity contribution is 9.10. The van der Waals surface area contributed by atoms with E-state index in [-0.39, 0.29) is 41.3 Å². The van der Waals surface area contributed by atoms with Crippen molar-refractivity contribution in [2.75, 3.05) is 6.61 Å². The van der Waals surface area contributed by atoms with Gasteiger partial charge in [0.05, 0.1) is 12.2 Å². The molecule has 0 aliphatic heterocycles. The predicted molar refractivity (Wildman–Crippen MR) is 119 cm³/mol. The van der Waals surface area contributed by atoms with Crippen LogP contribution in [-0.4, -0.2) is 23.5 Å². The normalized spacial score (nSPS) is 12.3. The number of aromatic nitrogens is 1. The lowest BCUT2D eigenvalue weighted by Crippen LogP contribution is -2.17. The van der Waals surface area contributed by atoms with Crippen molar-refractivity contribution in [2.24, 2.45) is 5.73 Å². The van der Waals surface area contributed by atoms with Gasteiger partial charge in [0.1, 0.15) is 17.1 Å². The van der Waals surface area contributed by atoms with Gasteiger partial charge in [0.2, 0.25) is 5.89 Å². The molecule has 7 nitrogen and oxygen atoms in total. The van der Waals surface area contributed by atoms with Crippen LogP contribution in [0.5, 0.6) is 5.75 Å². The van der Waals surface area contributed by atoms with Gasteiger partial charge in [-0.1, -0.05) is 12.1 Å². The molecular formula is C23H18BrF5N2O5. The van der Waals surface area contributed by atoms with Crippen LogP contribution < -0.4 is 10.5 Å². The first-order valence-corrected chi connectivity index (χ1v) is 11.1. The Hall–Kier alpha value is -3.48. The number of hydrogen-bond acceptors (Lipinski definition) is 6. The zero-order valence-electron chi connectivity index (χ0n) is 18.5. The minimum Gasteiger partial charge on any atom is -0.478 e. The lowest BCUT2D eigenvalue weighted by molar-refractivity contribution is -0.141. The highest BCUT2D eigenvalue weighted by atomic mass is 79.9. The van der Waals surface area contributed by atoms with Crippen molar-refractivity contribution in [2.45, 2.75) is 32.0 Å². The number of esters is 1. The first kappa shape index (κ1) is 27.1. The monoisotopic (exact) mass is 576 g/mol. The maximum absolute atomic E-state index is 14.8. The molecule has 0 aliphatic carbocycles. The Morgan fingerprint density at radius 1 is 1.14 bits per heavy atom. The van der Waals surface area contributed by atoms with E-state index in [9.17, 15) is 31.5 Å². The lowest BCUT2D eigenvalue weighted by atomic mass is 10.1. The molecule has 1 aromatic heterocycles. The second kappa shape index (κ2) is 11.1. The molecule has 0 saturated heterocycles. The Balaban J connectivity index is 1.94. The van der Waals surface area contributed by atoms with Crippen molar-refractivity contribution in [3.8, 4) is 17.0 Å². The second-order valence-corrected chi connectivity index (χ2v) is 8.16. The smallest absolute Gasteiger partial charge is 0.416 e. The van der Waals surface area contributed by atoms with Gasteiger partial charge >= 0.3 is 12.1 Å². The van der Waals surface area contributed by atoms with E-state index in [2.05, 4.69) is 20.9 Å². The molecule has 192 valence electrons. The average molecular weight is 577 g/mol. The Bertz CT molecular complexity index is 1260. The molecule has 1 amide bonds. The molecule has 1 heterocycles. The SMILES string of the molecule is CC(=O)OCCCC(Oc1ccc(F)c(C(N)=O)c1F)c1nc(-c2ccc(C(F)(F)F)cc2)c(Br)o1. The molecule has 0 fully saturated rings. The molecule has 36 heavy (non-hydrogen) atoms. The van der Waals surface area contributed by atoms with Crippen molar-refractivity contribution < 1.29 is 45.4 Å². The van der Waals surface area contributed by atoms with Crippen LogP contribution in [-0.2, 0) is 15.7 Å². The minimum absolute atomic E-state index is 0.0126. The Morgan fingerprint density at radius 3 is 2.39 bits per heavy atom. The topological polar surface area (TPSA) is 105 Å². The van der Waals surface area contributed by atoms with Gasteiger partial charge in [0.25, 0.3) is 5.91 Å². The minimum atomic E-state index is -4.52. The largest absolute Gasteiger partial charge is 0.478 e. The van der Waals surface area contributed by atoms with Gasteiger partial charge in [-0.2, -0.15) is 13.2 Å². The maximum Gasteiger partial charge on any atom is 0.416 e. The van der Waals surface area contributed by atoms with Crippen LogP contribution in [0, 0.1) is 11.6 Å². The third kappa shape index (κ3) is 6.39. The van der Waals surface area contributed by atoms with E-state index in [4.69, 9.17) is 19.6 Å². The molecule has 0 bridgehead atoms. The fourth-order valence-corrected chi connectivity index (χ4v) is 3.65. The fourth-order valence-electron chi connectivity index (χ4n) is 3.17. The summed E-state index contributed by atoms with van der Waals surface area (Å²) in [6, 6.07) is 5.90. The molecular weight excluding hydrogens is 559 g/mol. The summed E-state index contributed by atoms with van der Waals surface area (Å²) in [5.74, 6) is -5.00. The quantitative estimate of drug-likeness (QED) is 0.191. The molecule has 3 rings (SSSR count). The number of nitrogens with two attached hydrogens (primary N) is 1. The van der Waals surface area contributed by atoms with Crippen molar-refractivity contribution in [1.82, 2.24) is 4.98 Å². The first-order valence-electron chi connectivity index (χ1n) is 10.3. The van der Waals surface area contributed by atoms with Gasteiger partial charge in [-0.25, -0.2) is 13.8 Å². The summed E-state index contributed by atoms with van der Waals surface area (Å²) in [7, 11) is 0. The fraction of sp³-hybridized carbons (Fsp3) is 0.261. The molecule has 1 atom stereocenters. The van der Waals surface area contributed by atoms with E-state index in [0.717, 1.165) is 24.3 Å². The molecule has 0 saturated carbocycles. The van der Waals surface area contributed by atoms with Crippen LogP contribution in [0.1, 0.15) is 47.7 Å².